The maximum atomic E-state index is 13.4. The van der Waals surface area contributed by atoms with Crippen molar-refractivity contribution < 1.29 is 18.7 Å². The van der Waals surface area contributed by atoms with E-state index in [0.29, 0.717) is 31.1 Å². The van der Waals surface area contributed by atoms with E-state index >= 15 is 0 Å². The monoisotopic (exact) mass is 333 g/mol. The van der Waals surface area contributed by atoms with Crippen LogP contribution in [0.2, 0.25) is 0 Å². The van der Waals surface area contributed by atoms with Crippen molar-refractivity contribution in [3.63, 3.8) is 0 Å². The molecule has 126 valence electrons. The van der Waals surface area contributed by atoms with Crippen molar-refractivity contribution in [2.24, 2.45) is 0 Å². The zero-order chi connectivity index (χ0) is 17.1. The number of carboxylic acids is 1. The van der Waals surface area contributed by atoms with Crippen LogP contribution in [0, 0.1) is 11.6 Å². The highest BCUT2D eigenvalue weighted by Gasteiger charge is 2.18. The van der Waals surface area contributed by atoms with Crippen molar-refractivity contribution in [1.29, 1.82) is 0 Å². The lowest BCUT2D eigenvalue weighted by molar-refractivity contribution is 0.0690. The Bertz CT molecular complexity index is 754. The molecule has 5 nitrogen and oxygen atoms in total. The molecule has 0 aliphatic carbocycles. The summed E-state index contributed by atoms with van der Waals surface area (Å²) in [7, 11) is 0. The fourth-order valence-corrected chi connectivity index (χ4v) is 2.81. The number of rotatable bonds is 3. The fourth-order valence-electron chi connectivity index (χ4n) is 2.81. The molecule has 0 atom stereocenters. The van der Waals surface area contributed by atoms with Gasteiger partial charge in [-0.2, -0.15) is 0 Å². The molecule has 1 aliphatic rings. The predicted octanol–water partition coefficient (Wildman–Crippen LogP) is 2.77. The van der Waals surface area contributed by atoms with Gasteiger partial charge in [0.15, 0.2) is 17.3 Å². The third-order valence-corrected chi connectivity index (χ3v) is 4.04. The Labute approximate surface area is 138 Å². The van der Waals surface area contributed by atoms with Gasteiger partial charge in [-0.3, -0.25) is 0 Å². The first-order chi connectivity index (χ1) is 11.5. The highest BCUT2D eigenvalue weighted by Crippen LogP contribution is 2.21. The second kappa shape index (κ2) is 6.82. The van der Waals surface area contributed by atoms with Crippen LogP contribution in [0.25, 0.3) is 0 Å². The number of carboxylic acid groups (broad SMARTS) is 1. The second-order valence-corrected chi connectivity index (χ2v) is 5.61. The Kier molecular flexibility index (Phi) is 4.59. The van der Waals surface area contributed by atoms with E-state index in [1.807, 2.05) is 9.80 Å². The number of aromatic nitrogens is 1. The highest BCUT2D eigenvalue weighted by atomic mass is 19.2. The molecule has 1 N–H and O–H groups in total. The van der Waals surface area contributed by atoms with Gasteiger partial charge in [0.25, 0.3) is 0 Å². The lowest BCUT2D eigenvalue weighted by atomic mass is 10.2. The van der Waals surface area contributed by atoms with E-state index < -0.39 is 17.6 Å². The highest BCUT2D eigenvalue weighted by molar-refractivity contribution is 5.85. The summed E-state index contributed by atoms with van der Waals surface area (Å²) in [6.07, 6.45) is 0.804. The predicted molar refractivity (Wildman–Crippen MR) is 86.6 cm³/mol. The van der Waals surface area contributed by atoms with E-state index in [4.69, 9.17) is 5.11 Å². The van der Waals surface area contributed by atoms with Gasteiger partial charge in [0.2, 0.25) is 0 Å². The maximum Gasteiger partial charge on any atom is 0.354 e. The molecule has 0 spiro atoms. The Balaban J connectivity index is 1.74. The Morgan fingerprint density at radius 1 is 1.00 bits per heavy atom. The number of pyridine rings is 1. The first kappa shape index (κ1) is 16.2. The van der Waals surface area contributed by atoms with Gasteiger partial charge >= 0.3 is 5.97 Å². The lowest BCUT2D eigenvalue weighted by Crippen LogP contribution is -2.31. The first-order valence-electron chi connectivity index (χ1n) is 7.70. The van der Waals surface area contributed by atoms with Gasteiger partial charge in [-0.1, -0.05) is 6.07 Å². The summed E-state index contributed by atoms with van der Waals surface area (Å²) >= 11 is 0. The summed E-state index contributed by atoms with van der Waals surface area (Å²) in [5, 5.41) is 9.05. The van der Waals surface area contributed by atoms with Gasteiger partial charge in [0.05, 0.1) is 0 Å². The van der Waals surface area contributed by atoms with Gasteiger partial charge in [0.1, 0.15) is 5.82 Å². The molecule has 0 saturated carbocycles. The minimum Gasteiger partial charge on any atom is -0.477 e. The summed E-state index contributed by atoms with van der Waals surface area (Å²) in [6, 6.07) is 8.80. The smallest absolute Gasteiger partial charge is 0.354 e. The third kappa shape index (κ3) is 3.45. The van der Waals surface area contributed by atoms with Crippen LogP contribution in [0.3, 0.4) is 0 Å². The summed E-state index contributed by atoms with van der Waals surface area (Å²) in [4.78, 5) is 19.2. The molecule has 0 bridgehead atoms. The van der Waals surface area contributed by atoms with Crippen LogP contribution in [0.1, 0.15) is 16.9 Å². The quantitative estimate of drug-likeness (QED) is 0.936. The molecule has 3 rings (SSSR count). The molecule has 0 unspecified atom stereocenters. The van der Waals surface area contributed by atoms with Crippen molar-refractivity contribution in [2.45, 2.75) is 6.42 Å². The first-order valence-corrected chi connectivity index (χ1v) is 7.70. The summed E-state index contributed by atoms with van der Waals surface area (Å²) < 4.78 is 26.5. The fraction of sp³-hybridized carbons (Fsp3) is 0.294. The van der Waals surface area contributed by atoms with Crippen LogP contribution in [-0.2, 0) is 0 Å². The van der Waals surface area contributed by atoms with Crippen molar-refractivity contribution in [3.8, 4) is 0 Å². The molecule has 1 saturated heterocycles. The second-order valence-electron chi connectivity index (χ2n) is 5.61. The van der Waals surface area contributed by atoms with Crippen LogP contribution in [0.5, 0.6) is 0 Å². The molecule has 1 aromatic heterocycles. The maximum absolute atomic E-state index is 13.4. The van der Waals surface area contributed by atoms with E-state index in [2.05, 4.69) is 4.98 Å². The average molecular weight is 333 g/mol. The van der Waals surface area contributed by atoms with Gasteiger partial charge in [0, 0.05) is 37.9 Å². The number of anilines is 2. The largest absolute Gasteiger partial charge is 0.477 e. The molecule has 7 heteroatoms. The van der Waals surface area contributed by atoms with E-state index in [1.165, 1.54) is 12.1 Å². The molecule has 2 aromatic rings. The van der Waals surface area contributed by atoms with Crippen molar-refractivity contribution in [3.05, 3.63) is 53.7 Å². The Morgan fingerprint density at radius 2 is 1.75 bits per heavy atom. The van der Waals surface area contributed by atoms with Crippen molar-refractivity contribution in [1.82, 2.24) is 4.98 Å². The number of hydrogen-bond donors (Lipinski definition) is 1. The van der Waals surface area contributed by atoms with Gasteiger partial charge < -0.3 is 14.9 Å². The summed E-state index contributed by atoms with van der Waals surface area (Å²) in [5.41, 5.74) is 0.650. The molecular weight excluding hydrogens is 316 g/mol. The van der Waals surface area contributed by atoms with Crippen LogP contribution in [0.4, 0.5) is 20.3 Å². The minimum absolute atomic E-state index is 0.00853. The Hall–Kier alpha value is -2.70. The standard InChI is InChI=1S/C17H17F2N3O2/c18-13-6-5-12(11-14(13)19)21-7-2-8-22(10-9-21)16-4-1-3-15(20-16)17(23)24/h1,3-6,11H,2,7-10H2,(H,23,24). The topological polar surface area (TPSA) is 56.7 Å². The van der Waals surface area contributed by atoms with Crippen LogP contribution >= 0.6 is 0 Å². The van der Waals surface area contributed by atoms with E-state index in [0.717, 1.165) is 19.0 Å². The van der Waals surface area contributed by atoms with E-state index in [9.17, 15) is 13.6 Å². The number of aromatic carboxylic acids is 1. The van der Waals surface area contributed by atoms with E-state index in [1.54, 1.807) is 18.2 Å². The summed E-state index contributed by atoms with van der Waals surface area (Å²) in [6.45, 7) is 2.66. The number of benzene rings is 1. The van der Waals surface area contributed by atoms with Gasteiger partial charge in [-0.15, -0.1) is 0 Å². The van der Waals surface area contributed by atoms with Crippen molar-refractivity contribution in [2.75, 3.05) is 36.0 Å². The SMILES string of the molecule is O=C(O)c1cccc(N2CCCN(c3ccc(F)c(F)c3)CC2)n1. The molecule has 1 aliphatic heterocycles. The Morgan fingerprint density at radius 3 is 2.50 bits per heavy atom. The third-order valence-electron chi connectivity index (χ3n) is 4.04. The average Bonchev–Trinajstić information content (AvgIpc) is 2.83. The van der Waals surface area contributed by atoms with Gasteiger partial charge in [-0.05, 0) is 30.7 Å². The number of nitrogens with zero attached hydrogens (tertiary/aromatic N) is 3. The molecule has 2 heterocycles. The zero-order valence-corrected chi connectivity index (χ0v) is 13.0. The minimum atomic E-state index is -1.06. The number of halogens is 2. The van der Waals surface area contributed by atoms with Crippen molar-refractivity contribution >= 4 is 17.5 Å². The van der Waals surface area contributed by atoms with Crippen LogP contribution < -0.4 is 9.80 Å². The normalized spacial score (nSPS) is 15.2. The number of hydrogen-bond acceptors (Lipinski definition) is 4. The molecule has 0 radical (unpaired) electrons. The molecule has 1 fully saturated rings. The zero-order valence-electron chi connectivity index (χ0n) is 13.0. The van der Waals surface area contributed by atoms with Crippen LogP contribution in [0.15, 0.2) is 36.4 Å². The molecule has 24 heavy (non-hydrogen) atoms. The lowest BCUT2D eigenvalue weighted by Gasteiger charge is -2.24. The van der Waals surface area contributed by atoms with Crippen LogP contribution in [-0.4, -0.2) is 42.2 Å². The number of carbonyl (C=O) groups is 1. The summed E-state index contributed by atoms with van der Waals surface area (Å²) in [5.74, 6) is -2.16. The molecule has 1 aromatic carbocycles. The van der Waals surface area contributed by atoms with E-state index in [-0.39, 0.29) is 5.69 Å². The molecule has 0 amide bonds. The van der Waals surface area contributed by atoms with Gasteiger partial charge in [-0.25, -0.2) is 18.6 Å². The molecular formula is C17H17F2N3O2.